The highest BCUT2D eigenvalue weighted by atomic mass is 35.5. The van der Waals surface area contributed by atoms with Crippen molar-refractivity contribution < 1.29 is 0 Å². The molecule has 0 spiro atoms. The number of rotatable bonds is 1. The van der Waals surface area contributed by atoms with Gasteiger partial charge in [0.25, 0.3) is 5.56 Å². The Balaban J connectivity index is 1.97. The van der Waals surface area contributed by atoms with Crippen LogP contribution in [0.1, 0.15) is 25.1 Å². The number of imidazole rings is 1. The van der Waals surface area contributed by atoms with Crippen molar-refractivity contribution in [2.45, 2.75) is 32.2 Å². The van der Waals surface area contributed by atoms with Gasteiger partial charge in [-0.25, -0.2) is 9.97 Å². The maximum absolute atomic E-state index is 12.7. The third-order valence-electron chi connectivity index (χ3n) is 4.11. The number of aryl methyl sites for hydroxylation is 1. The maximum atomic E-state index is 12.7. The summed E-state index contributed by atoms with van der Waals surface area (Å²) in [6.07, 6.45) is 5.71. The van der Waals surface area contributed by atoms with Gasteiger partial charge in [0.15, 0.2) is 11.2 Å². The Bertz CT molecular complexity index is 912. The molecule has 0 amide bonds. The van der Waals surface area contributed by atoms with Crippen LogP contribution in [0.2, 0.25) is 5.02 Å². The molecule has 1 aliphatic rings. The van der Waals surface area contributed by atoms with Crippen molar-refractivity contribution in [1.29, 1.82) is 0 Å². The first-order valence-electron chi connectivity index (χ1n) is 7.47. The van der Waals surface area contributed by atoms with Crippen LogP contribution in [0.25, 0.3) is 16.9 Å². The normalized spacial score (nSPS) is 14.8. The quantitative estimate of drug-likeness (QED) is 0.694. The number of fused-ring (bicyclic) bond motifs is 2. The molecule has 2 aromatic heterocycles. The average molecular weight is 315 g/mol. The van der Waals surface area contributed by atoms with Gasteiger partial charge in [-0.15, -0.1) is 0 Å². The van der Waals surface area contributed by atoms with Crippen LogP contribution >= 0.6 is 11.6 Å². The zero-order valence-electron chi connectivity index (χ0n) is 12.0. The molecule has 0 radical (unpaired) electrons. The lowest BCUT2D eigenvalue weighted by atomic mass is 10.2. The molecule has 22 heavy (non-hydrogen) atoms. The summed E-state index contributed by atoms with van der Waals surface area (Å²) in [4.78, 5) is 21.7. The Morgan fingerprint density at radius 3 is 2.95 bits per heavy atom. The van der Waals surface area contributed by atoms with E-state index in [-0.39, 0.29) is 5.56 Å². The first-order chi connectivity index (χ1) is 10.7. The molecule has 0 bridgehead atoms. The Hall–Kier alpha value is -2.14. The fraction of sp³-hybridized carbons (Fsp3) is 0.312. The highest BCUT2D eigenvalue weighted by molar-refractivity contribution is 6.30. The van der Waals surface area contributed by atoms with Gasteiger partial charge in [-0.1, -0.05) is 24.1 Å². The van der Waals surface area contributed by atoms with E-state index in [9.17, 15) is 4.79 Å². The molecule has 0 saturated heterocycles. The third-order valence-corrected chi connectivity index (χ3v) is 4.34. The van der Waals surface area contributed by atoms with Crippen LogP contribution < -0.4 is 5.56 Å². The monoisotopic (exact) mass is 314 g/mol. The van der Waals surface area contributed by atoms with E-state index in [1.807, 2.05) is 28.8 Å². The second-order valence-corrected chi connectivity index (χ2v) is 6.00. The Morgan fingerprint density at radius 1 is 1.18 bits per heavy atom. The largest absolute Gasteiger partial charge is 0.295 e. The predicted octanol–water partition coefficient (Wildman–Crippen LogP) is 2.96. The van der Waals surface area contributed by atoms with E-state index in [0.29, 0.717) is 16.2 Å². The summed E-state index contributed by atoms with van der Waals surface area (Å²) in [5.74, 6) is 0.860. The molecule has 0 saturated carbocycles. The topological polar surface area (TPSA) is 52.7 Å². The van der Waals surface area contributed by atoms with Crippen molar-refractivity contribution in [2.75, 3.05) is 0 Å². The van der Waals surface area contributed by atoms with Gasteiger partial charge in [0, 0.05) is 18.0 Å². The highest BCUT2D eigenvalue weighted by Crippen LogP contribution is 2.20. The van der Waals surface area contributed by atoms with Crippen LogP contribution in [-0.2, 0) is 13.0 Å². The van der Waals surface area contributed by atoms with Gasteiger partial charge in [0.05, 0.1) is 5.69 Å². The third kappa shape index (κ3) is 2.13. The SMILES string of the molecule is O=c1c2ncn(-c3cccc(Cl)c3)c2nc2n1CCCCC2. The van der Waals surface area contributed by atoms with E-state index in [0.717, 1.165) is 43.7 Å². The summed E-state index contributed by atoms with van der Waals surface area (Å²) in [5.41, 5.74) is 1.86. The maximum Gasteiger partial charge on any atom is 0.281 e. The van der Waals surface area contributed by atoms with Crippen molar-refractivity contribution in [1.82, 2.24) is 19.1 Å². The van der Waals surface area contributed by atoms with Crippen LogP contribution in [-0.4, -0.2) is 19.1 Å². The minimum absolute atomic E-state index is 0.0392. The van der Waals surface area contributed by atoms with Crippen molar-refractivity contribution in [3.05, 3.63) is 51.8 Å². The summed E-state index contributed by atoms with van der Waals surface area (Å²) in [6.45, 7) is 0.737. The van der Waals surface area contributed by atoms with Gasteiger partial charge in [-0.3, -0.25) is 13.9 Å². The van der Waals surface area contributed by atoms with E-state index in [1.54, 1.807) is 10.9 Å². The molecular weight excluding hydrogens is 300 g/mol. The molecule has 0 N–H and O–H groups in total. The molecule has 0 atom stereocenters. The lowest BCUT2D eigenvalue weighted by molar-refractivity contribution is 0.613. The molecule has 0 fully saturated rings. The van der Waals surface area contributed by atoms with E-state index < -0.39 is 0 Å². The van der Waals surface area contributed by atoms with Crippen LogP contribution in [0.4, 0.5) is 0 Å². The predicted molar refractivity (Wildman–Crippen MR) is 85.7 cm³/mol. The van der Waals surface area contributed by atoms with Gasteiger partial charge < -0.3 is 0 Å². The molecule has 0 aliphatic carbocycles. The van der Waals surface area contributed by atoms with Gasteiger partial charge in [0.2, 0.25) is 0 Å². The fourth-order valence-corrected chi connectivity index (χ4v) is 3.18. The van der Waals surface area contributed by atoms with Crippen LogP contribution in [0.15, 0.2) is 35.4 Å². The molecule has 3 heterocycles. The zero-order valence-corrected chi connectivity index (χ0v) is 12.8. The molecule has 3 aromatic rings. The van der Waals surface area contributed by atoms with E-state index in [4.69, 9.17) is 16.6 Å². The second kappa shape index (κ2) is 5.25. The molecule has 6 heteroatoms. The lowest BCUT2D eigenvalue weighted by Crippen LogP contribution is -2.24. The number of benzene rings is 1. The molecular formula is C16H15ClN4O. The smallest absolute Gasteiger partial charge is 0.281 e. The summed E-state index contributed by atoms with van der Waals surface area (Å²) in [5, 5.41) is 0.644. The first-order valence-corrected chi connectivity index (χ1v) is 7.84. The zero-order chi connectivity index (χ0) is 15.1. The molecule has 4 rings (SSSR count). The Labute approximate surface area is 132 Å². The highest BCUT2D eigenvalue weighted by Gasteiger charge is 2.17. The minimum Gasteiger partial charge on any atom is -0.295 e. The van der Waals surface area contributed by atoms with Crippen molar-refractivity contribution in [3.63, 3.8) is 0 Å². The number of hydrogen-bond acceptors (Lipinski definition) is 3. The lowest BCUT2D eigenvalue weighted by Gasteiger charge is -2.09. The summed E-state index contributed by atoms with van der Waals surface area (Å²) in [7, 11) is 0. The van der Waals surface area contributed by atoms with Gasteiger partial charge in [-0.2, -0.15) is 0 Å². The summed E-state index contributed by atoms with van der Waals surface area (Å²) < 4.78 is 3.61. The van der Waals surface area contributed by atoms with Crippen LogP contribution in [0, 0.1) is 0 Å². The standard InChI is InChI=1S/C16H15ClN4O/c17-11-5-4-6-12(9-11)21-10-18-14-15(21)19-13-7-2-1-3-8-20(13)16(14)22/h4-6,9-10H,1-3,7-8H2. The molecule has 0 unspecified atom stereocenters. The average Bonchev–Trinajstić information content (AvgIpc) is 2.78. The number of nitrogens with zero attached hydrogens (tertiary/aromatic N) is 4. The van der Waals surface area contributed by atoms with E-state index in [1.165, 1.54) is 0 Å². The van der Waals surface area contributed by atoms with Crippen molar-refractivity contribution in [2.24, 2.45) is 0 Å². The molecule has 1 aliphatic heterocycles. The Kier molecular flexibility index (Phi) is 3.22. The van der Waals surface area contributed by atoms with Crippen molar-refractivity contribution in [3.8, 4) is 5.69 Å². The second-order valence-electron chi connectivity index (χ2n) is 5.56. The first kappa shape index (κ1) is 13.5. The summed E-state index contributed by atoms with van der Waals surface area (Å²) >= 11 is 6.06. The fourth-order valence-electron chi connectivity index (χ4n) is 2.99. The summed E-state index contributed by atoms with van der Waals surface area (Å²) in [6, 6.07) is 7.46. The Morgan fingerprint density at radius 2 is 2.09 bits per heavy atom. The molecule has 112 valence electrons. The number of halogens is 1. The number of hydrogen-bond donors (Lipinski definition) is 0. The molecule has 1 aromatic carbocycles. The van der Waals surface area contributed by atoms with Crippen LogP contribution in [0.5, 0.6) is 0 Å². The van der Waals surface area contributed by atoms with E-state index >= 15 is 0 Å². The van der Waals surface area contributed by atoms with Crippen molar-refractivity contribution >= 4 is 22.8 Å². The van der Waals surface area contributed by atoms with Gasteiger partial charge in [0.1, 0.15) is 12.2 Å². The van der Waals surface area contributed by atoms with E-state index in [2.05, 4.69) is 4.98 Å². The minimum atomic E-state index is -0.0392. The van der Waals surface area contributed by atoms with Gasteiger partial charge >= 0.3 is 0 Å². The molecule has 5 nitrogen and oxygen atoms in total. The number of aromatic nitrogens is 4. The van der Waals surface area contributed by atoms with Crippen LogP contribution in [0.3, 0.4) is 0 Å². The van der Waals surface area contributed by atoms with Gasteiger partial charge in [-0.05, 0) is 31.0 Å².